The van der Waals surface area contributed by atoms with E-state index in [-0.39, 0.29) is 6.42 Å². The van der Waals surface area contributed by atoms with Crippen LogP contribution < -0.4 is 11.5 Å². The molecule has 0 aliphatic carbocycles. The van der Waals surface area contributed by atoms with Gasteiger partial charge in [0.1, 0.15) is 12.3 Å². The molecule has 10 heavy (non-hydrogen) atoms. The van der Waals surface area contributed by atoms with Crippen molar-refractivity contribution >= 4 is 12.3 Å². The number of aldehydes is 1. The summed E-state index contributed by atoms with van der Waals surface area (Å²) < 4.78 is 0. The minimum absolute atomic E-state index is 0.0150. The zero-order chi connectivity index (χ0) is 8.15. The lowest BCUT2D eigenvalue weighted by atomic mass is 10.1. The molecule has 0 aromatic rings. The van der Waals surface area contributed by atoms with Crippen LogP contribution in [0.3, 0.4) is 0 Å². The van der Waals surface area contributed by atoms with E-state index < -0.39 is 18.1 Å². The summed E-state index contributed by atoms with van der Waals surface area (Å²) in [5, 5.41) is 8.23. The Balaban J connectivity index is 3.67. The highest BCUT2D eigenvalue weighted by Crippen LogP contribution is 1.89. The highest BCUT2D eigenvalue weighted by Gasteiger charge is 2.14. The second-order valence-electron chi connectivity index (χ2n) is 1.98. The molecule has 1 unspecified atom stereocenters. The van der Waals surface area contributed by atoms with Crippen molar-refractivity contribution in [3.8, 4) is 0 Å². The summed E-state index contributed by atoms with van der Waals surface area (Å²) in [4.78, 5) is 19.9. The fraction of sp³-hybridized carbons (Fsp3) is 0.600. The minimum Gasteiger partial charge on any atom is -0.480 e. The first-order valence-electron chi connectivity index (χ1n) is 2.77. The lowest BCUT2D eigenvalue weighted by Gasteiger charge is -2.06. The van der Waals surface area contributed by atoms with E-state index >= 15 is 0 Å². The molecule has 0 saturated heterocycles. The van der Waals surface area contributed by atoms with E-state index in [9.17, 15) is 9.59 Å². The summed E-state index contributed by atoms with van der Waals surface area (Å²) in [5.41, 5.74) is 10.2. The number of carboxylic acids is 1. The fourth-order valence-corrected chi connectivity index (χ4v) is 0.450. The molecule has 5 N–H and O–H groups in total. The second-order valence-corrected chi connectivity index (χ2v) is 1.98. The molecule has 2 atom stereocenters. The molecule has 0 spiro atoms. The summed E-state index contributed by atoms with van der Waals surface area (Å²) in [5.74, 6) is -1.14. The Morgan fingerprint density at radius 3 is 2.40 bits per heavy atom. The third-order valence-corrected chi connectivity index (χ3v) is 1.02. The molecule has 0 rings (SSSR count). The number of hydrogen-bond donors (Lipinski definition) is 3. The van der Waals surface area contributed by atoms with Crippen LogP contribution in [0.2, 0.25) is 0 Å². The Labute approximate surface area is 58.0 Å². The quantitative estimate of drug-likeness (QED) is 0.410. The minimum atomic E-state index is -1.14. The first-order valence-corrected chi connectivity index (χ1v) is 2.77. The molecule has 58 valence electrons. The third kappa shape index (κ3) is 3.16. The van der Waals surface area contributed by atoms with Crippen molar-refractivity contribution in [1.82, 2.24) is 0 Å². The second kappa shape index (κ2) is 3.97. The van der Waals surface area contributed by atoms with Crippen molar-refractivity contribution in [1.29, 1.82) is 0 Å². The molecular weight excluding hydrogens is 136 g/mol. The van der Waals surface area contributed by atoms with Crippen molar-refractivity contribution in [3.63, 3.8) is 0 Å². The molecule has 0 heterocycles. The Kier molecular flexibility index (Phi) is 3.60. The smallest absolute Gasteiger partial charge is 0.320 e. The molecule has 0 aliphatic rings. The number of rotatable bonds is 4. The third-order valence-electron chi connectivity index (χ3n) is 1.02. The zero-order valence-electron chi connectivity index (χ0n) is 5.36. The topological polar surface area (TPSA) is 106 Å². The van der Waals surface area contributed by atoms with Gasteiger partial charge in [-0.3, -0.25) is 4.79 Å². The Morgan fingerprint density at radius 2 is 2.10 bits per heavy atom. The molecule has 5 nitrogen and oxygen atoms in total. The molecule has 0 saturated carbocycles. The van der Waals surface area contributed by atoms with Crippen molar-refractivity contribution in [2.75, 3.05) is 0 Å². The van der Waals surface area contributed by atoms with Crippen molar-refractivity contribution < 1.29 is 14.7 Å². The molecule has 0 aliphatic heterocycles. The van der Waals surface area contributed by atoms with Crippen LogP contribution in [0.25, 0.3) is 0 Å². The summed E-state index contributed by atoms with van der Waals surface area (Å²) in [6, 6.07) is -1.81. The normalized spacial score (nSPS) is 15.8. The summed E-state index contributed by atoms with van der Waals surface area (Å²) in [7, 11) is 0. The maximum atomic E-state index is 10.1. The van der Waals surface area contributed by atoms with Gasteiger partial charge in [0.15, 0.2) is 0 Å². The van der Waals surface area contributed by atoms with Gasteiger partial charge in [0, 0.05) is 0 Å². The fourth-order valence-electron chi connectivity index (χ4n) is 0.450. The van der Waals surface area contributed by atoms with Gasteiger partial charge in [0.05, 0.1) is 6.04 Å². The van der Waals surface area contributed by atoms with Crippen LogP contribution in [-0.2, 0) is 9.59 Å². The average molecular weight is 146 g/mol. The number of aliphatic carboxylic acids is 1. The predicted octanol–water partition coefficient (Wildman–Crippen LogP) is -1.69. The first-order chi connectivity index (χ1) is 4.57. The van der Waals surface area contributed by atoms with Gasteiger partial charge in [-0.15, -0.1) is 0 Å². The van der Waals surface area contributed by atoms with Gasteiger partial charge < -0.3 is 21.4 Å². The van der Waals surface area contributed by atoms with Gasteiger partial charge in [-0.25, -0.2) is 0 Å². The summed E-state index contributed by atoms with van der Waals surface area (Å²) >= 11 is 0. The van der Waals surface area contributed by atoms with Crippen LogP contribution in [0.1, 0.15) is 6.42 Å². The molecule has 0 fully saturated rings. The van der Waals surface area contributed by atoms with Crippen LogP contribution in [0, 0.1) is 0 Å². The van der Waals surface area contributed by atoms with Crippen molar-refractivity contribution in [2.24, 2.45) is 11.5 Å². The standard InChI is InChI=1S/C5H10N2O3/c6-3(2-8)1-4(7)5(9)10/h2-4H,1,6-7H2,(H,9,10)/t3?,4-/m0/s1. The van der Waals surface area contributed by atoms with Gasteiger partial charge in [-0.2, -0.15) is 0 Å². The van der Waals surface area contributed by atoms with Gasteiger partial charge in [0.2, 0.25) is 0 Å². The molecule has 0 bridgehead atoms. The molecule has 0 radical (unpaired) electrons. The highest BCUT2D eigenvalue weighted by atomic mass is 16.4. The number of carbonyl (C=O) groups is 2. The predicted molar refractivity (Wildman–Crippen MR) is 34.3 cm³/mol. The van der Waals surface area contributed by atoms with E-state index in [4.69, 9.17) is 16.6 Å². The lowest BCUT2D eigenvalue weighted by Crippen LogP contribution is -2.37. The van der Waals surface area contributed by atoms with Crippen LogP contribution in [0.5, 0.6) is 0 Å². The Hall–Kier alpha value is -0.940. The highest BCUT2D eigenvalue weighted by molar-refractivity contribution is 5.74. The van der Waals surface area contributed by atoms with Crippen LogP contribution in [0.15, 0.2) is 0 Å². The molecule has 5 heteroatoms. The zero-order valence-corrected chi connectivity index (χ0v) is 5.36. The molecular formula is C5H10N2O3. The van der Waals surface area contributed by atoms with Crippen LogP contribution in [0.4, 0.5) is 0 Å². The maximum Gasteiger partial charge on any atom is 0.320 e. The van der Waals surface area contributed by atoms with Crippen LogP contribution >= 0.6 is 0 Å². The number of hydrogen-bond acceptors (Lipinski definition) is 4. The van der Waals surface area contributed by atoms with E-state index in [2.05, 4.69) is 0 Å². The summed E-state index contributed by atoms with van der Waals surface area (Å²) in [6.45, 7) is 0. The number of nitrogens with two attached hydrogens (primary N) is 2. The van der Waals surface area contributed by atoms with E-state index in [0.29, 0.717) is 6.29 Å². The molecule has 0 aromatic carbocycles. The van der Waals surface area contributed by atoms with E-state index in [1.165, 1.54) is 0 Å². The SMILES string of the molecule is NC(C=O)C[C@H](N)C(=O)O. The number of carbonyl (C=O) groups excluding carboxylic acids is 1. The van der Waals surface area contributed by atoms with E-state index in [0.717, 1.165) is 0 Å². The van der Waals surface area contributed by atoms with Gasteiger partial charge in [-0.05, 0) is 6.42 Å². The van der Waals surface area contributed by atoms with E-state index in [1.807, 2.05) is 0 Å². The maximum absolute atomic E-state index is 10.1. The van der Waals surface area contributed by atoms with E-state index in [1.54, 1.807) is 0 Å². The molecule has 0 amide bonds. The Bertz CT molecular complexity index is 137. The van der Waals surface area contributed by atoms with Gasteiger partial charge in [-0.1, -0.05) is 0 Å². The Morgan fingerprint density at radius 1 is 1.60 bits per heavy atom. The largest absolute Gasteiger partial charge is 0.480 e. The lowest BCUT2D eigenvalue weighted by molar-refractivity contribution is -0.138. The number of carboxylic acid groups (broad SMARTS) is 1. The molecule has 0 aromatic heterocycles. The van der Waals surface area contributed by atoms with Crippen LogP contribution in [-0.4, -0.2) is 29.4 Å². The average Bonchev–Trinajstić information content (AvgIpc) is 1.87. The van der Waals surface area contributed by atoms with Crippen molar-refractivity contribution in [3.05, 3.63) is 0 Å². The van der Waals surface area contributed by atoms with Gasteiger partial charge >= 0.3 is 5.97 Å². The van der Waals surface area contributed by atoms with Crippen molar-refractivity contribution in [2.45, 2.75) is 18.5 Å². The van der Waals surface area contributed by atoms with Gasteiger partial charge in [0.25, 0.3) is 0 Å². The first kappa shape index (κ1) is 9.06. The summed E-state index contributed by atoms with van der Waals surface area (Å²) in [6.07, 6.45) is 0.460. The monoisotopic (exact) mass is 146 g/mol.